The molecule has 3 heterocycles. The second-order valence-electron chi connectivity index (χ2n) is 8.80. The lowest BCUT2D eigenvalue weighted by molar-refractivity contribution is 0.242. The lowest BCUT2D eigenvalue weighted by Crippen LogP contribution is -2.52. The molecule has 1 saturated heterocycles. The van der Waals surface area contributed by atoms with E-state index in [0.29, 0.717) is 6.54 Å². The van der Waals surface area contributed by atoms with Crippen molar-refractivity contribution in [2.75, 3.05) is 31.1 Å². The van der Waals surface area contributed by atoms with E-state index >= 15 is 0 Å². The number of nitrogens with two attached hydrogens (primary N) is 3. The number of fused-ring (bicyclic) bond motifs is 1. The van der Waals surface area contributed by atoms with E-state index in [0.717, 1.165) is 68.0 Å². The summed E-state index contributed by atoms with van der Waals surface area (Å²) in [6.07, 6.45) is 6.66. The molecule has 2 atom stereocenters. The fraction of sp³-hybridized carbons (Fsp3) is 0.435. The maximum Gasteiger partial charge on any atom is 0.327 e. The zero-order chi connectivity index (χ0) is 24.1. The van der Waals surface area contributed by atoms with E-state index in [1.807, 2.05) is 35.4 Å². The first-order valence-electron chi connectivity index (χ1n) is 11.6. The minimum atomic E-state index is -0.228. The summed E-state index contributed by atoms with van der Waals surface area (Å²) < 4.78 is 0. The third-order valence-electron chi connectivity index (χ3n) is 6.28. The molecule has 0 aromatic heterocycles. The number of guanidine groups is 2. The smallest absolute Gasteiger partial charge is 0.327 e. The molecule has 11 nitrogen and oxygen atoms in total. The summed E-state index contributed by atoms with van der Waals surface area (Å²) in [7, 11) is 0. The number of hydrogen-bond acceptors (Lipinski definition) is 5. The normalized spacial score (nSPS) is 21.7. The lowest BCUT2D eigenvalue weighted by Gasteiger charge is -2.34. The van der Waals surface area contributed by atoms with Gasteiger partial charge < -0.3 is 38.1 Å². The zero-order valence-corrected chi connectivity index (χ0v) is 19.3. The van der Waals surface area contributed by atoms with Gasteiger partial charge in [-0.05, 0) is 49.6 Å². The van der Waals surface area contributed by atoms with Gasteiger partial charge in [0.1, 0.15) is 6.17 Å². The average molecular weight is 467 g/mol. The van der Waals surface area contributed by atoms with Crippen molar-refractivity contribution in [3.63, 3.8) is 0 Å². The van der Waals surface area contributed by atoms with Crippen LogP contribution in [0, 0.1) is 11.3 Å². The molecule has 2 unspecified atom stereocenters. The Hall–Kier alpha value is -3.73. The molecule has 0 bridgehead atoms. The minimum Gasteiger partial charge on any atom is -0.370 e. The van der Waals surface area contributed by atoms with Gasteiger partial charge in [0.2, 0.25) is 0 Å². The summed E-state index contributed by atoms with van der Waals surface area (Å²) in [5, 5.41) is 17.6. The van der Waals surface area contributed by atoms with Crippen molar-refractivity contribution < 1.29 is 4.79 Å². The molecule has 4 rings (SSSR count). The van der Waals surface area contributed by atoms with Crippen LogP contribution in [0.1, 0.15) is 24.8 Å². The molecule has 1 aromatic carbocycles. The molecule has 1 aromatic rings. The Morgan fingerprint density at radius 3 is 2.74 bits per heavy atom. The topological polar surface area (TPSA) is 174 Å². The number of hydrogen-bond donors (Lipinski definition) is 7. The van der Waals surface area contributed by atoms with Gasteiger partial charge in [0.25, 0.3) is 0 Å². The highest BCUT2D eigenvalue weighted by Gasteiger charge is 2.34. The number of urea groups is 1. The number of aliphatic imine (C=N–C) groups is 1. The highest BCUT2D eigenvalue weighted by atomic mass is 16.2. The standard InChI is InChI=1S/C23H34N10O/c24-21(25)29-9-2-8-28-12-15-4-6-18(7-5-15)33-14-17-11-19(30-20(17)31-23(33)34)16-3-1-10-32(13-16)22(26)27/h4-7,11,14,16,20,28,30H,1-3,8-10,12-13H2,(H3,26,27)(H,31,34)(H4,24,25,29). The van der Waals surface area contributed by atoms with Crippen LogP contribution in [-0.2, 0) is 6.54 Å². The molecule has 0 radical (unpaired) electrons. The van der Waals surface area contributed by atoms with Gasteiger partial charge in [0.15, 0.2) is 11.9 Å². The largest absolute Gasteiger partial charge is 0.370 e. The van der Waals surface area contributed by atoms with E-state index in [1.165, 1.54) is 0 Å². The molecule has 11 heteroatoms. The van der Waals surface area contributed by atoms with E-state index in [1.54, 1.807) is 4.90 Å². The Morgan fingerprint density at radius 2 is 2.00 bits per heavy atom. The van der Waals surface area contributed by atoms with Gasteiger partial charge in [-0.1, -0.05) is 12.1 Å². The first-order chi connectivity index (χ1) is 16.4. The number of carbonyl (C=O) groups excluding carboxylic acids is 1. The number of amides is 2. The molecular weight excluding hydrogens is 432 g/mol. The number of benzene rings is 1. The third-order valence-corrected chi connectivity index (χ3v) is 6.28. The van der Waals surface area contributed by atoms with Gasteiger partial charge in [-0.3, -0.25) is 15.3 Å². The maximum atomic E-state index is 12.8. The molecule has 10 N–H and O–H groups in total. The molecule has 0 saturated carbocycles. The number of likely N-dealkylation sites (tertiary alicyclic amines) is 1. The Kier molecular flexibility index (Phi) is 7.21. The van der Waals surface area contributed by atoms with Crippen molar-refractivity contribution in [1.29, 1.82) is 5.41 Å². The van der Waals surface area contributed by atoms with Gasteiger partial charge >= 0.3 is 6.03 Å². The molecule has 0 aliphatic carbocycles. The van der Waals surface area contributed by atoms with Crippen LogP contribution in [0.15, 0.2) is 52.8 Å². The summed E-state index contributed by atoms with van der Waals surface area (Å²) in [4.78, 5) is 20.3. The van der Waals surface area contributed by atoms with Gasteiger partial charge in [0.05, 0.1) is 5.69 Å². The first kappa shape index (κ1) is 23.4. The Balaban J connectivity index is 1.36. The number of piperidine rings is 1. The lowest BCUT2D eigenvalue weighted by atomic mass is 9.95. The van der Waals surface area contributed by atoms with E-state index in [9.17, 15) is 4.79 Å². The van der Waals surface area contributed by atoms with Crippen LogP contribution in [0.5, 0.6) is 0 Å². The monoisotopic (exact) mass is 466 g/mol. The molecule has 182 valence electrons. The Labute approximate surface area is 199 Å². The van der Waals surface area contributed by atoms with Crippen molar-refractivity contribution in [3.8, 4) is 0 Å². The van der Waals surface area contributed by atoms with E-state index in [-0.39, 0.29) is 30.0 Å². The van der Waals surface area contributed by atoms with Crippen molar-refractivity contribution in [3.05, 3.63) is 53.4 Å². The first-order valence-corrected chi connectivity index (χ1v) is 11.6. The summed E-state index contributed by atoms with van der Waals surface area (Å²) in [5.41, 5.74) is 20.4. The zero-order valence-electron chi connectivity index (χ0n) is 19.3. The van der Waals surface area contributed by atoms with Crippen molar-refractivity contribution in [1.82, 2.24) is 20.9 Å². The fourth-order valence-electron chi connectivity index (χ4n) is 4.48. The SMILES string of the molecule is N=C(N)N1CCCC(C2=CC3=CN(c4ccc(CNCCCN=C(N)N)cc4)C(=O)NC3N2)C1. The van der Waals surface area contributed by atoms with E-state index in [4.69, 9.17) is 22.6 Å². The van der Waals surface area contributed by atoms with Crippen LogP contribution < -0.4 is 38.1 Å². The quantitative estimate of drug-likeness (QED) is 0.163. The second kappa shape index (κ2) is 10.5. The van der Waals surface area contributed by atoms with E-state index in [2.05, 4.69) is 27.0 Å². The van der Waals surface area contributed by atoms with Crippen molar-refractivity contribution in [2.45, 2.75) is 32.0 Å². The van der Waals surface area contributed by atoms with Gasteiger partial charge in [-0.15, -0.1) is 0 Å². The van der Waals surface area contributed by atoms with Crippen LogP contribution in [0.3, 0.4) is 0 Å². The molecular formula is C23H34N10O. The number of carbonyl (C=O) groups is 1. The second-order valence-corrected chi connectivity index (χ2v) is 8.80. The molecule has 0 spiro atoms. The van der Waals surface area contributed by atoms with Gasteiger partial charge in [-0.25, -0.2) is 4.79 Å². The minimum absolute atomic E-state index is 0.115. The third kappa shape index (κ3) is 5.60. The molecule has 34 heavy (non-hydrogen) atoms. The van der Waals surface area contributed by atoms with Gasteiger partial charge in [-0.2, -0.15) is 0 Å². The van der Waals surface area contributed by atoms with Crippen LogP contribution in [-0.4, -0.2) is 55.2 Å². The fourth-order valence-corrected chi connectivity index (χ4v) is 4.48. The van der Waals surface area contributed by atoms with Crippen molar-refractivity contribution >= 4 is 23.6 Å². The Morgan fingerprint density at radius 1 is 1.21 bits per heavy atom. The predicted molar refractivity (Wildman–Crippen MR) is 134 cm³/mol. The van der Waals surface area contributed by atoms with Crippen LogP contribution in [0.25, 0.3) is 0 Å². The van der Waals surface area contributed by atoms with E-state index < -0.39 is 0 Å². The average Bonchev–Trinajstić information content (AvgIpc) is 3.24. The molecule has 1 fully saturated rings. The van der Waals surface area contributed by atoms with Crippen molar-refractivity contribution in [2.24, 2.45) is 28.1 Å². The number of rotatable bonds is 8. The van der Waals surface area contributed by atoms with Gasteiger partial charge in [0, 0.05) is 49.6 Å². The number of nitrogens with one attached hydrogen (secondary N) is 4. The summed E-state index contributed by atoms with van der Waals surface area (Å²) in [6.45, 7) is 3.68. The van der Waals surface area contributed by atoms with Crippen LogP contribution in [0.2, 0.25) is 0 Å². The van der Waals surface area contributed by atoms with Crippen LogP contribution in [0.4, 0.5) is 10.5 Å². The highest BCUT2D eigenvalue weighted by Crippen LogP contribution is 2.30. The highest BCUT2D eigenvalue weighted by molar-refractivity contribution is 5.96. The molecule has 3 aliphatic rings. The summed E-state index contributed by atoms with van der Waals surface area (Å²) >= 11 is 0. The maximum absolute atomic E-state index is 12.8. The summed E-state index contributed by atoms with van der Waals surface area (Å²) in [6, 6.07) is 7.76. The Bertz CT molecular complexity index is 996. The molecule has 2 amide bonds. The summed E-state index contributed by atoms with van der Waals surface area (Å²) in [5.74, 6) is 0.497. The van der Waals surface area contributed by atoms with Crippen LogP contribution >= 0.6 is 0 Å². The molecule has 3 aliphatic heterocycles. The number of nitrogens with zero attached hydrogens (tertiary/aromatic N) is 3. The predicted octanol–water partition coefficient (Wildman–Crippen LogP) is 0.272. The number of anilines is 1.